The Bertz CT molecular complexity index is 3510. The van der Waals surface area contributed by atoms with E-state index in [-0.39, 0.29) is 0 Å². The summed E-state index contributed by atoms with van der Waals surface area (Å²) in [5.41, 5.74) is 14.9. The van der Waals surface area contributed by atoms with Crippen molar-refractivity contribution in [2.24, 2.45) is 0 Å². The summed E-state index contributed by atoms with van der Waals surface area (Å²) in [7, 11) is 0. The monoisotopic (exact) mass is 807 g/mol. The molecule has 0 spiro atoms. The number of benzene rings is 8. The van der Waals surface area contributed by atoms with Crippen molar-refractivity contribution in [2.45, 2.75) is 6.92 Å². The third-order valence-electron chi connectivity index (χ3n) is 12.0. The number of aromatic nitrogens is 5. The van der Waals surface area contributed by atoms with Crippen LogP contribution in [0, 0.1) is 6.92 Å². The lowest BCUT2D eigenvalue weighted by molar-refractivity contribution is 1.06. The first-order chi connectivity index (χ1) is 31.1. The minimum Gasteiger partial charge on any atom is -0.309 e. The van der Waals surface area contributed by atoms with Crippen LogP contribution >= 0.6 is 0 Å². The Morgan fingerprint density at radius 3 is 1.63 bits per heavy atom. The van der Waals surface area contributed by atoms with Crippen molar-refractivity contribution < 1.29 is 0 Å². The van der Waals surface area contributed by atoms with Crippen LogP contribution in [0.3, 0.4) is 0 Å². The Morgan fingerprint density at radius 1 is 0.413 bits per heavy atom. The van der Waals surface area contributed by atoms with Crippen molar-refractivity contribution in [1.29, 1.82) is 0 Å². The highest BCUT2D eigenvalue weighted by Gasteiger charge is 2.22. The van der Waals surface area contributed by atoms with Crippen LogP contribution in [-0.2, 0) is 0 Å². The van der Waals surface area contributed by atoms with Gasteiger partial charge in [-0.25, -0.2) is 15.0 Å². The van der Waals surface area contributed by atoms with E-state index in [4.69, 9.17) is 15.0 Å². The zero-order valence-corrected chi connectivity index (χ0v) is 34.7. The molecule has 11 aromatic rings. The van der Waals surface area contributed by atoms with E-state index < -0.39 is 0 Å². The third kappa shape index (κ3) is 6.73. The molecule has 5 nitrogen and oxygen atoms in total. The molecule has 5 heteroatoms. The molecule has 0 unspecified atom stereocenters. The molecule has 0 saturated carbocycles. The van der Waals surface area contributed by atoms with E-state index >= 15 is 0 Å². The van der Waals surface area contributed by atoms with Gasteiger partial charge in [0, 0.05) is 49.9 Å². The Hall–Kier alpha value is -8.41. The highest BCUT2D eigenvalue weighted by Crippen LogP contribution is 2.39. The second kappa shape index (κ2) is 15.9. The number of para-hydroxylation sites is 4. The molecule has 3 heterocycles. The predicted octanol–water partition coefficient (Wildman–Crippen LogP) is 14.8. The minimum absolute atomic E-state index is 0.593. The highest BCUT2D eigenvalue weighted by molar-refractivity contribution is 6.10. The van der Waals surface area contributed by atoms with Gasteiger partial charge in [0.05, 0.1) is 16.6 Å². The van der Waals surface area contributed by atoms with Gasteiger partial charge in [-0.3, -0.25) is 0 Å². The van der Waals surface area contributed by atoms with Crippen LogP contribution in [0.2, 0.25) is 0 Å². The van der Waals surface area contributed by atoms with Gasteiger partial charge in [0.25, 0.3) is 0 Å². The summed E-state index contributed by atoms with van der Waals surface area (Å²) in [5.74, 6) is 1.79. The number of hydrogen-bond donors (Lipinski definition) is 0. The van der Waals surface area contributed by atoms with Gasteiger partial charge in [0.2, 0.25) is 0 Å². The molecule has 0 radical (unpaired) electrons. The predicted molar refractivity (Wildman–Crippen MR) is 262 cm³/mol. The summed E-state index contributed by atoms with van der Waals surface area (Å²) in [5, 5.41) is 3.48. The van der Waals surface area contributed by atoms with Gasteiger partial charge < -0.3 is 9.13 Å². The SMILES string of the molecule is C=C/C=C\c1c(C)c2cccc(-c3nc(-c4cccc(-c5ccc(-c6ccccc6)cc5)c4)nc(-c4ccc5c6ccccc6n(-c6ccccc6)c5c4)n3)c2n1-c1ccccc1. The van der Waals surface area contributed by atoms with Gasteiger partial charge >= 0.3 is 0 Å². The summed E-state index contributed by atoms with van der Waals surface area (Å²) in [6.45, 7) is 6.15. The fourth-order valence-corrected chi connectivity index (χ4v) is 8.94. The summed E-state index contributed by atoms with van der Waals surface area (Å²) < 4.78 is 4.64. The van der Waals surface area contributed by atoms with Crippen LogP contribution in [0.5, 0.6) is 0 Å². The molecule has 298 valence electrons. The number of allylic oxidation sites excluding steroid dienone is 2. The van der Waals surface area contributed by atoms with E-state index in [1.54, 1.807) is 0 Å². The van der Waals surface area contributed by atoms with E-state index in [9.17, 15) is 0 Å². The molecule has 0 fully saturated rings. The zero-order chi connectivity index (χ0) is 42.3. The number of hydrogen-bond acceptors (Lipinski definition) is 3. The summed E-state index contributed by atoms with van der Waals surface area (Å²) in [4.78, 5) is 16.1. The van der Waals surface area contributed by atoms with Gasteiger partial charge in [0.15, 0.2) is 17.5 Å². The maximum atomic E-state index is 5.39. The van der Waals surface area contributed by atoms with Crippen LogP contribution in [0.25, 0.3) is 107 Å². The number of nitrogens with zero attached hydrogens (tertiary/aromatic N) is 5. The lowest BCUT2D eigenvalue weighted by atomic mass is 9.99. The molecule has 8 aromatic carbocycles. The molecule has 0 aliphatic rings. The van der Waals surface area contributed by atoms with E-state index in [2.05, 4.69) is 217 Å². The number of aryl methyl sites for hydroxylation is 1. The van der Waals surface area contributed by atoms with Crippen molar-refractivity contribution in [3.8, 4) is 67.8 Å². The van der Waals surface area contributed by atoms with Crippen molar-refractivity contribution in [3.05, 3.63) is 230 Å². The third-order valence-corrected chi connectivity index (χ3v) is 12.0. The normalized spacial score (nSPS) is 11.6. The maximum absolute atomic E-state index is 5.39. The number of rotatable bonds is 9. The molecule has 0 saturated heterocycles. The van der Waals surface area contributed by atoms with Gasteiger partial charge in [0.1, 0.15) is 0 Å². The summed E-state index contributed by atoms with van der Waals surface area (Å²) in [6.07, 6.45) is 5.94. The molecule has 11 rings (SSSR count). The molecule has 3 aromatic heterocycles. The molecular formula is C58H41N5. The molecule has 0 aliphatic carbocycles. The number of fused-ring (bicyclic) bond motifs is 4. The fourth-order valence-electron chi connectivity index (χ4n) is 8.94. The first-order valence-corrected chi connectivity index (χ1v) is 21.2. The smallest absolute Gasteiger partial charge is 0.166 e. The molecule has 0 bridgehead atoms. The van der Waals surface area contributed by atoms with Gasteiger partial charge in [-0.05, 0) is 89.3 Å². The summed E-state index contributed by atoms with van der Waals surface area (Å²) in [6, 6.07) is 70.4. The lowest BCUT2D eigenvalue weighted by Gasteiger charge is -2.14. The Kier molecular flexibility index (Phi) is 9.48. The van der Waals surface area contributed by atoms with Crippen LogP contribution in [0.4, 0.5) is 0 Å². The van der Waals surface area contributed by atoms with Crippen molar-refractivity contribution in [1.82, 2.24) is 24.1 Å². The van der Waals surface area contributed by atoms with Gasteiger partial charge in [-0.2, -0.15) is 0 Å². The van der Waals surface area contributed by atoms with E-state index in [0.717, 1.165) is 72.4 Å². The Labute approximate surface area is 366 Å². The van der Waals surface area contributed by atoms with Crippen LogP contribution in [-0.4, -0.2) is 24.1 Å². The van der Waals surface area contributed by atoms with E-state index in [0.29, 0.717) is 17.5 Å². The molecule has 0 N–H and O–H groups in total. The molecule has 0 amide bonds. The Morgan fingerprint density at radius 2 is 0.921 bits per heavy atom. The van der Waals surface area contributed by atoms with Gasteiger partial charge in [-0.15, -0.1) is 0 Å². The minimum atomic E-state index is 0.593. The molecular weight excluding hydrogens is 767 g/mol. The van der Waals surface area contributed by atoms with E-state index in [1.807, 2.05) is 24.3 Å². The Balaban J connectivity index is 1.14. The van der Waals surface area contributed by atoms with Crippen molar-refractivity contribution >= 4 is 38.8 Å². The second-order valence-electron chi connectivity index (χ2n) is 15.7. The molecule has 63 heavy (non-hydrogen) atoms. The van der Waals surface area contributed by atoms with Crippen LogP contribution in [0.15, 0.2) is 219 Å². The quantitative estimate of drug-likeness (QED) is 0.137. The highest BCUT2D eigenvalue weighted by atomic mass is 15.1. The summed E-state index contributed by atoms with van der Waals surface area (Å²) >= 11 is 0. The zero-order valence-electron chi connectivity index (χ0n) is 34.7. The topological polar surface area (TPSA) is 48.5 Å². The van der Waals surface area contributed by atoms with Crippen molar-refractivity contribution in [3.63, 3.8) is 0 Å². The molecule has 0 atom stereocenters. The van der Waals surface area contributed by atoms with E-state index in [1.165, 1.54) is 21.9 Å². The van der Waals surface area contributed by atoms with Crippen LogP contribution < -0.4 is 0 Å². The first kappa shape index (κ1) is 37.6. The maximum Gasteiger partial charge on any atom is 0.166 e. The average molecular weight is 808 g/mol. The standard InChI is InChI=1S/C58H41N5/c1-3-4-29-52-39(2)48-27-17-28-51(55(48)63(52)47-24-12-7-13-25-47)58-60-56(44-21-16-20-43(37-44)42-33-31-41(32-34-42)40-18-8-5-9-19-40)59-57(61-58)45-35-36-50-49-26-14-15-30-53(49)62(54(50)38-45)46-22-10-6-11-23-46/h3-38H,1H2,2H3/b29-4-. The fraction of sp³-hybridized carbons (Fsp3) is 0.0172. The largest absolute Gasteiger partial charge is 0.309 e. The second-order valence-corrected chi connectivity index (χ2v) is 15.7. The average Bonchev–Trinajstić information content (AvgIpc) is 3.84. The van der Waals surface area contributed by atoms with Gasteiger partial charge in [-0.1, -0.05) is 170 Å². The lowest BCUT2D eigenvalue weighted by Crippen LogP contribution is -2.03. The first-order valence-electron chi connectivity index (χ1n) is 21.2. The molecule has 0 aliphatic heterocycles. The van der Waals surface area contributed by atoms with Crippen LogP contribution in [0.1, 0.15) is 11.3 Å². The van der Waals surface area contributed by atoms with Crippen molar-refractivity contribution in [2.75, 3.05) is 0 Å².